The van der Waals surface area contributed by atoms with Crippen LogP contribution in [0.1, 0.15) is 25.7 Å². The summed E-state index contributed by atoms with van der Waals surface area (Å²) in [6, 6.07) is 0. The van der Waals surface area contributed by atoms with Crippen molar-refractivity contribution in [1.29, 1.82) is 0 Å². The Balaban J connectivity index is 2.96. The zero-order chi connectivity index (χ0) is 7.82. The summed E-state index contributed by atoms with van der Waals surface area (Å²) in [6.07, 6.45) is 3.13. The maximum absolute atomic E-state index is 10.6. The van der Waals surface area contributed by atoms with Crippen LogP contribution in [-0.2, 0) is 4.79 Å². The summed E-state index contributed by atoms with van der Waals surface area (Å²) in [5.41, 5.74) is 5.09. The minimum atomic E-state index is 0.109. The van der Waals surface area contributed by atoms with Crippen LogP contribution in [0.5, 0.6) is 0 Å². The summed E-state index contributed by atoms with van der Waals surface area (Å²) in [4.78, 5) is 10.6. The smallest absolute Gasteiger partial charge is 0.146 e. The predicted molar refractivity (Wildman–Crippen MR) is 39.6 cm³/mol. The first-order chi connectivity index (χ1) is 4.81. The van der Waals surface area contributed by atoms with E-state index in [0.29, 0.717) is 6.42 Å². The van der Waals surface area contributed by atoms with Gasteiger partial charge in [-0.1, -0.05) is 6.42 Å². The van der Waals surface area contributed by atoms with E-state index >= 15 is 0 Å². The zero-order valence-electron chi connectivity index (χ0n) is 6.18. The van der Waals surface area contributed by atoms with E-state index < -0.39 is 0 Å². The topological polar surface area (TPSA) is 63.3 Å². The number of hydrogen-bond donors (Lipinski definition) is 2. The molecule has 60 valence electrons. The van der Waals surface area contributed by atoms with Crippen molar-refractivity contribution < 1.29 is 9.90 Å². The van der Waals surface area contributed by atoms with Gasteiger partial charge in [0, 0.05) is 13.0 Å². The van der Waals surface area contributed by atoms with Gasteiger partial charge in [-0.2, -0.15) is 0 Å². The zero-order valence-corrected chi connectivity index (χ0v) is 6.18. The third kappa shape index (κ3) is 5.72. The minimum Gasteiger partial charge on any atom is -0.396 e. The molecule has 0 atom stereocenters. The van der Waals surface area contributed by atoms with E-state index in [1.807, 2.05) is 0 Å². The molecule has 0 radical (unpaired) electrons. The van der Waals surface area contributed by atoms with Gasteiger partial charge in [0.25, 0.3) is 0 Å². The van der Waals surface area contributed by atoms with Crippen LogP contribution in [0, 0.1) is 0 Å². The number of Topliss-reactive ketones (excluding diaryl/α,β-unsaturated/α-hetero) is 1. The van der Waals surface area contributed by atoms with Gasteiger partial charge >= 0.3 is 0 Å². The SMILES string of the molecule is NCC(=O)CCCCCO. The van der Waals surface area contributed by atoms with Crippen LogP contribution < -0.4 is 5.73 Å². The van der Waals surface area contributed by atoms with E-state index in [0.717, 1.165) is 19.3 Å². The summed E-state index contributed by atoms with van der Waals surface area (Å²) in [6.45, 7) is 0.371. The lowest BCUT2D eigenvalue weighted by molar-refractivity contribution is -0.117. The standard InChI is InChI=1S/C7H15NO2/c8-6-7(10)4-2-1-3-5-9/h9H,1-6,8H2. The number of nitrogens with two attached hydrogens (primary N) is 1. The minimum absolute atomic E-state index is 0.109. The van der Waals surface area contributed by atoms with Crippen molar-refractivity contribution in [3.05, 3.63) is 0 Å². The van der Waals surface area contributed by atoms with Crippen LogP contribution >= 0.6 is 0 Å². The highest BCUT2D eigenvalue weighted by Gasteiger charge is 1.96. The Bertz CT molecular complexity index is 93.6. The van der Waals surface area contributed by atoms with E-state index in [1.54, 1.807) is 0 Å². The molecule has 0 fully saturated rings. The lowest BCUT2D eigenvalue weighted by atomic mass is 10.1. The van der Waals surface area contributed by atoms with E-state index in [2.05, 4.69) is 0 Å². The van der Waals surface area contributed by atoms with E-state index in [1.165, 1.54) is 0 Å². The average molecular weight is 145 g/mol. The van der Waals surface area contributed by atoms with Gasteiger partial charge in [-0.25, -0.2) is 0 Å². The molecular formula is C7H15NO2. The summed E-state index contributed by atoms with van der Waals surface area (Å²) in [7, 11) is 0. The Labute approximate surface area is 61.2 Å². The van der Waals surface area contributed by atoms with Crippen molar-refractivity contribution in [2.45, 2.75) is 25.7 Å². The van der Waals surface area contributed by atoms with Crippen molar-refractivity contribution in [2.24, 2.45) is 5.73 Å². The third-order valence-electron chi connectivity index (χ3n) is 1.34. The van der Waals surface area contributed by atoms with Crippen LogP contribution in [0.15, 0.2) is 0 Å². The van der Waals surface area contributed by atoms with Gasteiger partial charge in [-0.05, 0) is 12.8 Å². The first kappa shape index (κ1) is 9.59. The van der Waals surface area contributed by atoms with Gasteiger partial charge in [0.1, 0.15) is 5.78 Å². The van der Waals surface area contributed by atoms with E-state index in [-0.39, 0.29) is 18.9 Å². The molecule has 0 aliphatic carbocycles. The number of ketones is 1. The highest BCUT2D eigenvalue weighted by Crippen LogP contribution is 1.98. The lowest BCUT2D eigenvalue weighted by Crippen LogP contribution is -2.12. The van der Waals surface area contributed by atoms with Crippen LogP contribution in [0.25, 0.3) is 0 Å². The Kier molecular flexibility index (Phi) is 6.43. The fourth-order valence-electron chi connectivity index (χ4n) is 0.713. The molecule has 0 aliphatic heterocycles. The number of hydrogen-bond acceptors (Lipinski definition) is 3. The van der Waals surface area contributed by atoms with Crippen molar-refractivity contribution in [3.63, 3.8) is 0 Å². The molecule has 0 amide bonds. The fourth-order valence-corrected chi connectivity index (χ4v) is 0.713. The van der Waals surface area contributed by atoms with E-state index in [4.69, 9.17) is 10.8 Å². The maximum Gasteiger partial charge on any atom is 0.146 e. The molecular weight excluding hydrogens is 130 g/mol. The van der Waals surface area contributed by atoms with Crippen LogP contribution in [0.4, 0.5) is 0 Å². The van der Waals surface area contributed by atoms with Crippen molar-refractivity contribution in [3.8, 4) is 0 Å². The van der Waals surface area contributed by atoms with Gasteiger partial charge in [0.15, 0.2) is 0 Å². The van der Waals surface area contributed by atoms with Crippen molar-refractivity contribution >= 4 is 5.78 Å². The molecule has 0 spiro atoms. The number of carbonyl (C=O) groups excluding carboxylic acids is 1. The van der Waals surface area contributed by atoms with Crippen LogP contribution in [0.3, 0.4) is 0 Å². The second-order valence-corrected chi connectivity index (χ2v) is 2.28. The fraction of sp³-hybridized carbons (Fsp3) is 0.857. The van der Waals surface area contributed by atoms with Gasteiger partial charge in [0.05, 0.1) is 6.54 Å². The molecule has 3 N–H and O–H groups in total. The molecule has 0 aromatic heterocycles. The van der Waals surface area contributed by atoms with Gasteiger partial charge < -0.3 is 10.8 Å². The quantitative estimate of drug-likeness (QED) is 0.520. The second-order valence-electron chi connectivity index (χ2n) is 2.28. The van der Waals surface area contributed by atoms with Crippen molar-refractivity contribution in [2.75, 3.05) is 13.2 Å². The third-order valence-corrected chi connectivity index (χ3v) is 1.34. The molecule has 10 heavy (non-hydrogen) atoms. The Morgan fingerprint density at radius 2 is 2.00 bits per heavy atom. The molecule has 0 unspecified atom stereocenters. The molecule has 0 aromatic carbocycles. The molecule has 0 rings (SSSR count). The molecule has 3 nitrogen and oxygen atoms in total. The summed E-state index contributed by atoms with van der Waals surface area (Å²) < 4.78 is 0. The first-order valence-electron chi connectivity index (χ1n) is 3.64. The predicted octanol–water partition coefficient (Wildman–Crippen LogP) is 0.0669. The lowest BCUT2D eigenvalue weighted by Gasteiger charge is -1.95. The number of carbonyl (C=O) groups is 1. The van der Waals surface area contributed by atoms with Gasteiger partial charge in [0.2, 0.25) is 0 Å². The molecule has 3 heteroatoms. The average Bonchev–Trinajstić information content (AvgIpc) is 1.98. The molecule has 0 heterocycles. The molecule has 0 bridgehead atoms. The summed E-state index contributed by atoms with van der Waals surface area (Å²) >= 11 is 0. The molecule has 0 saturated heterocycles. The van der Waals surface area contributed by atoms with Crippen LogP contribution in [-0.4, -0.2) is 24.0 Å². The Morgan fingerprint density at radius 3 is 2.50 bits per heavy atom. The van der Waals surface area contributed by atoms with E-state index in [9.17, 15) is 4.79 Å². The van der Waals surface area contributed by atoms with Gasteiger partial charge in [-0.15, -0.1) is 0 Å². The molecule has 0 aliphatic rings. The highest BCUT2D eigenvalue weighted by atomic mass is 16.2. The largest absolute Gasteiger partial charge is 0.396 e. The maximum atomic E-state index is 10.6. The normalized spacial score (nSPS) is 9.80. The number of aliphatic hydroxyl groups is 1. The molecule has 0 aromatic rings. The Morgan fingerprint density at radius 1 is 1.30 bits per heavy atom. The first-order valence-corrected chi connectivity index (χ1v) is 3.64. The number of unbranched alkanes of at least 4 members (excludes halogenated alkanes) is 2. The summed E-state index contributed by atoms with van der Waals surface area (Å²) in [5, 5.41) is 8.38. The molecule has 0 saturated carbocycles. The highest BCUT2D eigenvalue weighted by molar-refractivity contribution is 5.80. The van der Waals surface area contributed by atoms with Crippen LogP contribution in [0.2, 0.25) is 0 Å². The van der Waals surface area contributed by atoms with Gasteiger partial charge in [-0.3, -0.25) is 4.79 Å². The number of rotatable bonds is 6. The second kappa shape index (κ2) is 6.71. The summed E-state index contributed by atoms with van der Waals surface area (Å²) in [5.74, 6) is 0.109. The van der Waals surface area contributed by atoms with Crippen molar-refractivity contribution in [1.82, 2.24) is 0 Å². The Hall–Kier alpha value is -0.410. The monoisotopic (exact) mass is 145 g/mol. The number of aliphatic hydroxyl groups excluding tert-OH is 1.